The van der Waals surface area contributed by atoms with Crippen molar-refractivity contribution in [3.63, 3.8) is 0 Å². The van der Waals surface area contributed by atoms with Crippen molar-refractivity contribution in [1.29, 1.82) is 0 Å². The van der Waals surface area contributed by atoms with Crippen molar-refractivity contribution >= 4 is 17.3 Å². The number of piperazine rings is 1. The molecule has 5 heteroatoms. The van der Waals surface area contributed by atoms with Crippen molar-refractivity contribution in [3.8, 4) is 11.1 Å². The predicted molar refractivity (Wildman–Crippen MR) is 119 cm³/mol. The maximum absolute atomic E-state index is 12.7. The molecule has 1 N–H and O–H groups in total. The number of anilines is 2. The van der Waals surface area contributed by atoms with Crippen LogP contribution in [-0.2, 0) is 0 Å². The van der Waals surface area contributed by atoms with E-state index in [-0.39, 0.29) is 5.91 Å². The molecule has 1 aliphatic heterocycles. The fourth-order valence-corrected chi connectivity index (χ4v) is 3.64. The molecule has 0 atom stereocenters. The van der Waals surface area contributed by atoms with Gasteiger partial charge in [0.2, 0.25) is 0 Å². The maximum Gasteiger partial charge on any atom is 0.255 e. The summed E-state index contributed by atoms with van der Waals surface area (Å²) in [4.78, 5) is 21.5. The van der Waals surface area contributed by atoms with Crippen LogP contribution in [0.15, 0.2) is 67.0 Å². The SMILES string of the molecule is Cc1ccc(NC(=O)c2ccc(-c3ccncc3)cc2)cc1N1CCN(C)CC1. The van der Waals surface area contributed by atoms with E-state index in [0.717, 1.165) is 43.0 Å². The van der Waals surface area contributed by atoms with Crippen LogP contribution >= 0.6 is 0 Å². The first-order valence-electron chi connectivity index (χ1n) is 9.96. The fourth-order valence-electron chi connectivity index (χ4n) is 3.64. The fraction of sp³-hybridized carbons (Fsp3) is 0.250. The first kappa shape index (κ1) is 19.2. The summed E-state index contributed by atoms with van der Waals surface area (Å²) in [6.07, 6.45) is 3.54. The molecule has 0 bridgehead atoms. The van der Waals surface area contributed by atoms with E-state index in [2.05, 4.69) is 46.2 Å². The molecular weight excluding hydrogens is 360 g/mol. The number of aromatic nitrogens is 1. The summed E-state index contributed by atoms with van der Waals surface area (Å²) in [6, 6.07) is 17.7. The third-order valence-electron chi connectivity index (χ3n) is 5.47. The zero-order valence-electron chi connectivity index (χ0n) is 16.9. The van der Waals surface area contributed by atoms with E-state index in [9.17, 15) is 4.79 Å². The van der Waals surface area contributed by atoms with Crippen molar-refractivity contribution in [2.75, 3.05) is 43.4 Å². The molecule has 3 aromatic rings. The standard InChI is InChI=1S/C24H26N4O/c1-18-3-8-22(17-23(18)28-15-13-27(2)14-16-28)26-24(29)21-6-4-19(5-7-21)20-9-11-25-12-10-20/h3-12,17H,13-16H2,1-2H3,(H,26,29). The second-order valence-electron chi connectivity index (χ2n) is 7.56. The van der Waals surface area contributed by atoms with E-state index in [1.165, 1.54) is 11.3 Å². The molecule has 5 nitrogen and oxygen atoms in total. The molecule has 1 aliphatic rings. The Morgan fingerprint density at radius 2 is 1.55 bits per heavy atom. The van der Waals surface area contributed by atoms with Gasteiger partial charge < -0.3 is 15.1 Å². The van der Waals surface area contributed by atoms with Crippen LogP contribution in [0.1, 0.15) is 15.9 Å². The molecule has 0 aliphatic carbocycles. The number of nitrogens with one attached hydrogen (secondary N) is 1. The van der Waals surface area contributed by atoms with Crippen molar-refractivity contribution in [2.24, 2.45) is 0 Å². The number of nitrogens with zero attached hydrogens (tertiary/aromatic N) is 3. The Morgan fingerprint density at radius 1 is 0.897 bits per heavy atom. The number of carbonyl (C=O) groups excluding carboxylic acids is 1. The lowest BCUT2D eigenvalue weighted by Crippen LogP contribution is -2.44. The molecule has 4 rings (SSSR count). The average molecular weight is 386 g/mol. The van der Waals surface area contributed by atoms with Crippen LogP contribution in [-0.4, -0.2) is 49.0 Å². The molecule has 2 aromatic carbocycles. The normalized spacial score (nSPS) is 14.6. The molecule has 1 amide bonds. The smallest absolute Gasteiger partial charge is 0.255 e. The minimum Gasteiger partial charge on any atom is -0.369 e. The summed E-state index contributed by atoms with van der Waals surface area (Å²) < 4.78 is 0. The van der Waals surface area contributed by atoms with Gasteiger partial charge in [0, 0.05) is 55.5 Å². The highest BCUT2D eigenvalue weighted by molar-refractivity contribution is 6.04. The van der Waals surface area contributed by atoms with Gasteiger partial charge in [-0.25, -0.2) is 0 Å². The Bertz CT molecular complexity index is 978. The zero-order chi connectivity index (χ0) is 20.2. The molecule has 0 radical (unpaired) electrons. The molecule has 148 valence electrons. The van der Waals surface area contributed by atoms with Gasteiger partial charge in [-0.1, -0.05) is 18.2 Å². The molecule has 0 unspecified atom stereocenters. The number of hydrogen-bond acceptors (Lipinski definition) is 4. The van der Waals surface area contributed by atoms with E-state index in [1.54, 1.807) is 12.4 Å². The second-order valence-corrected chi connectivity index (χ2v) is 7.56. The summed E-state index contributed by atoms with van der Waals surface area (Å²) in [5.41, 5.74) is 6.05. The number of aryl methyl sites for hydroxylation is 1. The van der Waals surface area contributed by atoms with Crippen molar-refractivity contribution in [3.05, 3.63) is 78.1 Å². The Morgan fingerprint density at radius 3 is 2.24 bits per heavy atom. The van der Waals surface area contributed by atoms with E-state index in [0.29, 0.717) is 5.56 Å². The number of amides is 1. The third-order valence-corrected chi connectivity index (χ3v) is 5.47. The molecule has 1 fully saturated rings. The Hall–Kier alpha value is -3.18. The van der Waals surface area contributed by atoms with E-state index in [4.69, 9.17) is 0 Å². The Balaban J connectivity index is 1.47. The topological polar surface area (TPSA) is 48.5 Å². The molecule has 0 spiro atoms. The van der Waals surface area contributed by atoms with Crippen LogP contribution in [0, 0.1) is 6.92 Å². The van der Waals surface area contributed by atoms with Crippen LogP contribution in [0.5, 0.6) is 0 Å². The zero-order valence-corrected chi connectivity index (χ0v) is 16.9. The molecule has 29 heavy (non-hydrogen) atoms. The summed E-state index contributed by atoms with van der Waals surface area (Å²) in [5.74, 6) is -0.0977. The number of hydrogen-bond donors (Lipinski definition) is 1. The lowest BCUT2D eigenvalue weighted by molar-refractivity contribution is 0.102. The minimum atomic E-state index is -0.0977. The number of pyridine rings is 1. The van der Waals surface area contributed by atoms with Crippen LogP contribution in [0.3, 0.4) is 0 Å². The monoisotopic (exact) mass is 386 g/mol. The number of carbonyl (C=O) groups is 1. The van der Waals surface area contributed by atoms with Crippen molar-refractivity contribution < 1.29 is 4.79 Å². The second kappa shape index (κ2) is 8.45. The van der Waals surface area contributed by atoms with Gasteiger partial charge in [-0.3, -0.25) is 9.78 Å². The number of likely N-dealkylation sites (N-methyl/N-ethyl adjacent to an activating group) is 1. The van der Waals surface area contributed by atoms with E-state index in [1.807, 2.05) is 42.5 Å². The highest BCUT2D eigenvalue weighted by atomic mass is 16.1. The van der Waals surface area contributed by atoms with Crippen molar-refractivity contribution in [2.45, 2.75) is 6.92 Å². The average Bonchev–Trinajstić information content (AvgIpc) is 2.76. The maximum atomic E-state index is 12.7. The summed E-state index contributed by atoms with van der Waals surface area (Å²) >= 11 is 0. The van der Waals surface area contributed by atoms with Crippen LogP contribution in [0.2, 0.25) is 0 Å². The molecule has 1 aromatic heterocycles. The summed E-state index contributed by atoms with van der Waals surface area (Å²) in [6.45, 7) is 6.24. The van der Waals surface area contributed by atoms with Gasteiger partial charge >= 0.3 is 0 Å². The molecular formula is C24H26N4O. The first-order chi connectivity index (χ1) is 14.1. The highest BCUT2D eigenvalue weighted by Crippen LogP contribution is 2.26. The van der Waals surface area contributed by atoms with Crippen LogP contribution in [0.4, 0.5) is 11.4 Å². The molecule has 2 heterocycles. The first-order valence-corrected chi connectivity index (χ1v) is 9.96. The van der Waals surface area contributed by atoms with Gasteiger partial charge in [0.25, 0.3) is 5.91 Å². The van der Waals surface area contributed by atoms with Gasteiger partial charge in [-0.15, -0.1) is 0 Å². The van der Waals surface area contributed by atoms with E-state index >= 15 is 0 Å². The van der Waals surface area contributed by atoms with Crippen molar-refractivity contribution in [1.82, 2.24) is 9.88 Å². The van der Waals surface area contributed by atoms with Gasteiger partial charge in [0.15, 0.2) is 0 Å². The van der Waals surface area contributed by atoms with Gasteiger partial charge in [-0.2, -0.15) is 0 Å². The Labute approximate surface area is 172 Å². The number of benzene rings is 2. The van der Waals surface area contributed by atoms with Gasteiger partial charge in [-0.05, 0) is 67.1 Å². The number of rotatable bonds is 4. The van der Waals surface area contributed by atoms with E-state index < -0.39 is 0 Å². The lowest BCUT2D eigenvalue weighted by Gasteiger charge is -2.35. The Kier molecular flexibility index (Phi) is 5.58. The molecule has 0 saturated carbocycles. The third kappa shape index (κ3) is 4.46. The van der Waals surface area contributed by atoms with Crippen LogP contribution < -0.4 is 10.2 Å². The molecule has 1 saturated heterocycles. The quantitative estimate of drug-likeness (QED) is 0.735. The van der Waals surface area contributed by atoms with Gasteiger partial charge in [0.05, 0.1) is 0 Å². The largest absolute Gasteiger partial charge is 0.369 e. The lowest BCUT2D eigenvalue weighted by atomic mass is 10.0. The predicted octanol–water partition coefficient (Wildman–Crippen LogP) is 4.06. The van der Waals surface area contributed by atoms with Gasteiger partial charge in [0.1, 0.15) is 0 Å². The summed E-state index contributed by atoms with van der Waals surface area (Å²) in [5, 5.41) is 3.05. The minimum absolute atomic E-state index is 0.0977. The highest BCUT2D eigenvalue weighted by Gasteiger charge is 2.17. The summed E-state index contributed by atoms with van der Waals surface area (Å²) in [7, 11) is 2.15. The van der Waals surface area contributed by atoms with Crippen LogP contribution in [0.25, 0.3) is 11.1 Å².